The van der Waals surface area contributed by atoms with Gasteiger partial charge in [-0.2, -0.15) is 0 Å². The molecule has 4 amide bonds. The molecule has 39 heteroatoms. The zero-order valence-corrected chi connectivity index (χ0v) is 61.4. The van der Waals surface area contributed by atoms with Crippen LogP contribution in [0.25, 0.3) is 6.08 Å². The Morgan fingerprint density at radius 1 is 0.661 bits per heavy atom. The Labute approximate surface area is 626 Å². The molecule has 10 aliphatic rings. The van der Waals surface area contributed by atoms with Gasteiger partial charge in [-0.3, -0.25) is 44.4 Å². The summed E-state index contributed by atoms with van der Waals surface area (Å²) in [6.45, 7) is 11.3. The maximum Gasteiger partial charge on any atom is 0.338 e. The van der Waals surface area contributed by atoms with Crippen molar-refractivity contribution >= 4 is 41.6 Å². The lowest BCUT2D eigenvalue weighted by atomic mass is 9.84. The highest BCUT2D eigenvalue weighted by Gasteiger charge is 2.59. The number of aryl methyl sites for hydroxylation is 1. The molecule has 32 atom stereocenters. The second-order valence-electron chi connectivity index (χ2n) is 29.4. The molecule has 0 spiro atoms. The first-order valence-corrected chi connectivity index (χ1v) is 36.1. The third kappa shape index (κ3) is 22.0. The average Bonchev–Trinajstić information content (AvgIpc) is 1.64. The first-order chi connectivity index (χ1) is 51.6. The van der Waals surface area contributed by atoms with Crippen LogP contribution in [0, 0.1) is 24.7 Å². The van der Waals surface area contributed by atoms with Crippen LogP contribution in [0.3, 0.4) is 0 Å². The van der Waals surface area contributed by atoms with E-state index < -0.39 is 185 Å². The number of carbonyl (C=O) groups excluding carboxylic acids is 6. The van der Waals surface area contributed by atoms with Gasteiger partial charge in [0.2, 0.25) is 23.6 Å². The highest BCUT2D eigenvalue weighted by Crippen LogP contribution is 2.45. The summed E-state index contributed by atoms with van der Waals surface area (Å²) in [5.41, 5.74) is 1.86. The zero-order valence-electron chi connectivity index (χ0n) is 61.4. The monoisotopic (exact) mass is 1560 g/mol. The number of hydrogen-bond acceptors (Lipinski definition) is 37. The second kappa shape index (κ2) is 38.4. The van der Waals surface area contributed by atoms with Crippen LogP contribution >= 0.6 is 0 Å². The molecule has 11 rings (SSSR count). The Kier molecular flexibility index (Phi) is 30.8. The molecule has 39 nitrogen and oxygen atoms in total. The van der Waals surface area contributed by atoms with Gasteiger partial charge in [0, 0.05) is 51.3 Å². The van der Waals surface area contributed by atoms with Crippen LogP contribution in [-0.2, 0) is 85.6 Å². The van der Waals surface area contributed by atoms with Crippen molar-refractivity contribution in [2.45, 2.75) is 251 Å². The lowest BCUT2D eigenvalue weighted by Gasteiger charge is -2.48. The average molecular weight is 1560 g/mol. The number of amides is 4. The number of cyclic esters (lactones) is 1. The summed E-state index contributed by atoms with van der Waals surface area (Å²) in [6.07, 6.45) is -24.2. The molecule has 11 heterocycles. The molecule has 0 aliphatic carbocycles. The van der Waals surface area contributed by atoms with Crippen molar-refractivity contribution in [3.8, 4) is 0 Å². The molecule has 109 heavy (non-hydrogen) atoms. The summed E-state index contributed by atoms with van der Waals surface area (Å²) in [5, 5.41) is 158. The van der Waals surface area contributed by atoms with Crippen LogP contribution in [0.4, 0.5) is 0 Å². The fourth-order valence-corrected chi connectivity index (χ4v) is 14.3. The van der Waals surface area contributed by atoms with Crippen LogP contribution in [0.5, 0.6) is 0 Å². The molecule has 1 unspecified atom stereocenters. The van der Waals surface area contributed by atoms with E-state index in [4.69, 9.17) is 61.3 Å². The number of fused-ring (bicyclic) bond motifs is 4. The molecule has 17 N–H and O–H groups in total. The van der Waals surface area contributed by atoms with Gasteiger partial charge in [0.05, 0.1) is 70.9 Å². The van der Waals surface area contributed by atoms with Gasteiger partial charge >= 0.3 is 11.9 Å². The highest BCUT2D eigenvalue weighted by molar-refractivity contribution is 6.00. The number of ether oxygens (including phenoxy) is 12. The zero-order chi connectivity index (χ0) is 79.8. The number of methoxy groups -OCH3 is 1. The van der Waals surface area contributed by atoms with E-state index in [1.165, 1.54) is 0 Å². The lowest BCUT2D eigenvalue weighted by molar-refractivity contribution is -0.383. The van der Waals surface area contributed by atoms with E-state index in [0.717, 1.165) is 16.8 Å². The summed E-state index contributed by atoms with van der Waals surface area (Å²) in [4.78, 5) is 78.5. The van der Waals surface area contributed by atoms with Gasteiger partial charge in [-0.25, -0.2) is 9.78 Å². The molecule has 1 aromatic heterocycles. The molecule has 614 valence electrons. The number of oxazole rings is 1. The number of carbonyl (C=O) groups is 6. The SMILES string of the molecule is CC(CN1CC(=O)NC(=O)C1)N1CC(=O)NC(=O)C1.CO[C@@H](/C(C)=C/C=C/C(C)=C/c1coc(C)n1)[C@@H](C)[C@@H]1C[C@H](O)[C@]2(C)O[C@@H]2/C=C/[C@@H](C)[C@H]2C[C@H](CC(=O)O2)C[C@@H]2O[C@H]2C(=O)O1.OC[C@H]1O[C@@H](OC[C@H]2O[C@@H](O[C@@H]3[C@@H](O)[C@H](O)O[C@H](CO)[C@H]3O)[C@H](O)[C@@H](O[C@@H]3O[C@H](CO)[C@@H](O)[C@H](O)[C@H]3O)[C@@H]2O)[C@H](O)[C@@H](O)[C@@H]1O. The Balaban J connectivity index is 0.000000203. The van der Waals surface area contributed by atoms with E-state index in [1.807, 2.05) is 78.0 Å². The fourth-order valence-electron chi connectivity index (χ4n) is 14.3. The predicted octanol–water partition coefficient (Wildman–Crippen LogP) is -7.41. The van der Waals surface area contributed by atoms with E-state index in [1.54, 1.807) is 30.1 Å². The van der Waals surface area contributed by atoms with E-state index >= 15 is 0 Å². The first kappa shape index (κ1) is 87.3. The number of epoxide rings is 2. The quantitative estimate of drug-likeness (QED) is 0.0190. The number of allylic oxidation sites excluding steroid dienone is 4. The Hall–Kier alpha value is -5.69. The number of aliphatic hydroxyl groups is 15. The van der Waals surface area contributed by atoms with Crippen LogP contribution in [0.15, 0.2) is 52.2 Å². The number of piperazine rings is 2. The molecule has 10 aliphatic heterocycles. The smallest absolute Gasteiger partial charge is 0.338 e. The molecule has 0 radical (unpaired) electrons. The predicted molar refractivity (Wildman–Crippen MR) is 363 cm³/mol. The van der Waals surface area contributed by atoms with Crippen molar-refractivity contribution in [1.29, 1.82) is 0 Å². The van der Waals surface area contributed by atoms with Crippen molar-refractivity contribution in [1.82, 2.24) is 25.4 Å². The summed E-state index contributed by atoms with van der Waals surface area (Å²) in [5.74, 6) is -1.61. The third-order valence-corrected chi connectivity index (χ3v) is 20.9. The number of aromatic nitrogens is 1. The van der Waals surface area contributed by atoms with Gasteiger partial charge in [0.15, 0.2) is 37.2 Å². The number of imide groups is 2. The van der Waals surface area contributed by atoms with Crippen LogP contribution < -0.4 is 10.6 Å². The minimum atomic E-state index is -2.07. The lowest BCUT2D eigenvalue weighted by Crippen LogP contribution is -2.67. The van der Waals surface area contributed by atoms with E-state index in [-0.39, 0.29) is 104 Å². The molecule has 9 saturated heterocycles. The molecule has 9 fully saturated rings. The van der Waals surface area contributed by atoms with Gasteiger partial charge in [-0.15, -0.1) is 0 Å². The molecular weight excluding hydrogens is 1450 g/mol. The van der Waals surface area contributed by atoms with Crippen LogP contribution in [-0.4, -0.2) is 370 Å². The normalized spacial score (nSPS) is 41.8. The molecule has 0 saturated carbocycles. The summed E-state index contributed by atoms with van der Waals surface area (Å²) in [6, 6.07) is -0.0892. The molecule has 0 aromatic carbocycles. The van der Waals surface area contributed by atoms with Gasteiger partial charge in [0.1, 0.15) is 134 Å². The van der Waals surface area contributed by atoms with E-state index in [9.17, 15) is 105 Å². The summed E-state index contributed by atoms with van der Waals surface area (Å²) >= 11 is 0. The topological polar surface area (TPSA) is 580 Å². The van der Waals surface area contributed by atoms with Gasteiger partial charge in [-0.1, -0.05) is 44.2 Å². The van der Waals surface area contributed by atoms with Crippen molar-refractivity contribution < 1.29 is 167 Å². The maximum absolute atomic E-state index is 13.4. The number of hydrogen-bond donors (Lipinski definition) is 17. The third-order valence-electron chi connectivity index (χ3n) is 20.9. The van der Waals surface area contributed by atoms with E-state index in [0.29, 0.717) is 31.7 Å². The fraction of sp³-hybridized carbons (Fsp3) is 0.757. The van der Waals surface area contributed by atoms with Crippen molar-refractivity contribution in [2.24, 2.45) is 17.8 Å². The standard InChI is InChI=1S/C35H47NO9.C24H42O21.C11H16N4O4/c1-19(13-25-18-41-23(5)36-25)9-8-10-21(3)32(40-7)22(4)27-17-29(37)35(6)30(45-35)12-11-20(2)26-14-24(16-31(38)42-26)15-28-33(43-28)34(39)44-27;25-1-5-9(28)13(32)15(34)22(41-5)39-4-8-12(31)20(45-23-16(35)14(33)10(29)6(2-26)42-23)18(37)24(43-8)44-19-11(30)7(3-27)40-21(38)17(19)36;1-7(15-5-10(18)13-11(19)6-15)2-14-3-8(16)12-9(17)4-14/h8-13,18,20,22,24,26-30,32-33,37H,14-17H2,1-7H3;5-38H,1-4H2;7H,2-6H2,1H3,(H,12,16,17)(H,13,18,19)/b9-8+,12-11+,19-13+,21-10+;;/t20-,22+,24+,26-,27+,28+,29+,30-,32+,33-,35+;5-,6-,7-,8-,9-,10-,11-,12-,13+,14+,15-,16-,17-,18-,19+,20+,21-,22-,23+,24+;/m11./s1. The maximum atomic E-state index is 13.4. The Morgan fingerprint density at radius 3 is 1.81 bits per heavy atom. The van der Waals surface area contributed by atoms with Crippen molar-refractivity contribution in [3.05, 3.63) is 59.4 Å². The summed E-state index contributed by atoms with van der Waals surface area (Å²) in [7, 11) is 1.63. The van der Waals surface area contributed by atoms with Gasteiger partial charge in [0.25, 0.3) is 0 Å². The number of rotatable bonds is 20. The van der Waals surface area contributed by atoms with E-state index in [2.05, 4.69) is 15.6 Å². The Bertz CT molecular complexity index is 3330. The second-order valence-corrected chi connectivity index (χ2v) is 29.4. The largest absolute Gasteiger partial charge is 0.462 e. The van der Waals surface area contributed by atoms with Crippen molar-refractivity contribution in [2.75, 3.05) is 66.3 Å². The molecular formula is C70H105N5O34. The minimum Gasteiger partial charge on any atom is -0.462 e. The van der Waals surface area contributed by atoms with Gasteiger partial charge < -0.3 is 138 Å². The molecule has 2 bridgehead atoms. The van der Waals surface area contributed by atoms with Crippen LogP contribution in [0.2, 0.25) is 0 Å². The van der Waals surface area contributed by atoms with Crippen LogP contribution in [0.1, 0.15) is 78.8 Å². The minimum absolute atomic E-state index is 0.0130. The number of esters is 2. The number of nitrogens with one attached hydrogen (secondary N) is 2. The van der Waals surface area contributed by atoms with Gasteiger partial charge in [-0.05, 0) is 63.7 Å². The van der Waals surface area contributed by atoms with Crippen molar-refractivity contribution in [3.63, 3.8) is 0 Å². The first-order valence-electron chi connectivity index (χ1n) is 36.1. The Morgan fingerprint density at radius 2 is 1.21 bits per heavy atom. The molecule has 1 aromatic rings. The highest BCUT2D eigenvalue weighted by atomic mass is 16.8. The number of nitrogens with zero attached hydrogens (tertiary/aromatic N) is 3. The summed E-state index contributed by atoms with van der Waals surface area (Å²) < 4.78 is 72.3. The number of aliphatic hydroxyl groups excluding tert-OH is 15.